The zero-order valence-corrected chi connectivity index (χ0v) is 11.3. The molecule has 102 valence electrons. The van der Waals surface area contributed by atoms with Crippen molar-refractivity contribution >= 4 is 32.9 Å². The van der Waals surface area contributed by atoms with Crippen molar-refractivity contribution in [3.05, 3.63) is 29.8 Å². The second kappa shape index (κ2) is 4.11. The Labute approximate surface area is 114 Å². The Kier molecular flexibility index (Phi) is 2.75. The van der Waals surface area contributed by atoms with Gasteiger partial charge in [-0.1, -0.05) is 0 Å². The van der Waals surface area contributed by atoms with E-state index in [-0.39, 0.29) is 28.3 Å². The smallest absolute Gasteiger partial charge is 0.174 e. The molecular formula is C11H10F2N2O2S2. The standard InChI is InChI=1S/C11H10F2N2O2S2/c12-6-1-2-9(7(13)3-6)15-10-5-19(16,17)4-8(10)14-11(15)18/h1-3,8,10H,4-5H2,(H,14,18)/t8-,10+/m0/s1. The molecule has 2 saturated heterocycles. The van der Waals surface area contributed by atoms with Gasteiger partial charge in [-0.15, -0.1) is 0 Å². The third kappa shape index (κ3) is 2.08. The summed E-state index contributed by atoms with van der Waals surface area (Å²) in [4.78, 5) is 1.43. The summed E-state index contributed by atoms with van der Waals surface area (Å²) >= 11 is 5.10. The number of hydrogen-bond donors (Lipinski definition) is 1. The van der Waals surface area contributed by atoms with Gasteiger partial charge in [0.05, 0.1) is 29.3 Å². The SMILES string of the molecule is O=S1(=O)C[C@@H]2NC(=S)N(c3ccc(F)cc3F)[C@@H]2C1. The fourth-order valence-electron chi connectivity index (χ4n) is 2.56. The van der Waals surface area contributed by atoms with Gasteiger partial charge >= 0.3 is 0 Å². The summed E-state index contributed by atoms with van der Waals surface area (Å²) < 4.78 is 49.9. The lowest BCUT2D eigenvalue weighted by atomic mass is 10.1. The van der Waals surface area contributed by atoms with Crippen molar-refractivity contribution in [1.82, 2.24) is 5.32 Å². The normalized spacial score (nSPS) is 28.3. The fraction of sp³-hybridized carbons (Fsp3) is 0.364. The van der Waals surface area contributed by atoms with Crippen molar-refractivity contribution in [3.63, 3.8) is 0 Å². The van der Waals surface area contributed by atoms with Crippen molar-refractivity contribution in [2.24, 2.45) is 0 Å². The number of nitrogens with zero attached hydrogens (tertiary/aromatic N) is 1. The lowest BCUT2D eigenvalue weighted by Crippen LogP contribution is -2.37. The highest BCUT2D eigenvalue weighted by Gasteiger charge is 2.48. The molecule has 2 fully saturated rings. The molecule has 0 radical (unpaired) electrons. The average Bonchev–Trinajstić information content (AvgIpc) is 2.70. The minimum atomic E-state index is -3.15. The summed E-state index contributed by atoms with van der Waals surface area (Å²) in [5.74, 6) is -1.54. The summed E-state index contributed by atoms with van der Waals surface area (Å²) in [5, 5.41) is 3.15. The lowest BCUT2D eigenvalue weighted by Gasteiger charge is -2.23. The summed E-state index contributed by atoms with van der Waals surface area (Å²) in [6.45, 7) is 0. The first-order chi connectivity index (χ1) is 8.87. The van der Waals surface area contributed by atoms with Crippen LogP contribution in [0.2, 0.25) is 0 Å². The third-order valence-corrected chi connectivity index (χ3v) is 5.38. The molecule has 0 saturated carbocycles. The molecule has 0 unspecified atom stereocenters. The number of rotatable bonds is 1. The van der Waals surface area contributed by atoms with E-state index < -0.39 is 27.5 Å². The summed E-state index contributed by atoms with van der Waals surface area (Å²) in [5.41, 5.74) is 0.100. The van der Waals surface area contributed by atoms with Crippen LogP contribution in [0, 0.1) is 11.6 Å². The fourth-order valence-corrected chi connectivity index (χ4v) is 4.84. The number of hydrogen-bond acceptors (Lipinski definition) is 3. The predicted molar refractivity (Wildman–Crippen MR) is 70.8 cm³/mol. The quantitative estimate of drug-likeness (QED) is 0.779. The maximum Gasteiger partial charge on any atom is 0.174 e. The van der Waals surface area contributed by atoms with E-state index in [1.807, 2.05) is 0 Å². The summed E-state index contributed by atoms with van der Waals surface area (Å²) in [6, 6.07) is 2.39. The van der Waals surface area contributed by atoms with E-state index in [2.05, 4.69) is 5.32 Å². The second-order valence-corrected chi connectivity index (χ2v) is 7.21. The monoisotopic (exact) mass is 304 g/mol. The van der Waals surface area contributed by atoms with Crippen LogP contribution in [0.5, 0.6) is 0 Å². The minimum absolute atomic E-state index is 0.0167. The Balaban J connectivity index is 2.02. The van der Waals surface area contributed by atoms with E-state index >= 15 is 0 Å². The van der Waals surface area contributed by atoms with Crippen LogP contribution in [0.3, 0.4) is 0 Å². The Morgan fingerprint density at radius 3 is 2.74 bits per heavy atom. The van der Waals surface area contributed by atoms with Gasteiger partial charge in [-0.25, -0.2) is 17.2 Å². The molecule has 2 heterocycles. The molecule has 4 nitrogen and oxygen atoms in total. The number of halogens is 2. The molecule has 1 aromatic rings. The van der Waals surface area contributed by atoms with Crippen LogP contribution in [0.4, 0.5) is 14.5 Å². The van der Waals surface area contributed by atoms with Crippen LogP contribution in [0.25, 0.3) is 0 Å². The van der Waals surface area contributed by atoms with Gasteiger partial charge in [-0.05, 0) is 24.4 Å². The third-order valence-electron chi connectivity index (χ3n) is 3.35. The van der Waals surface area contributed by atoms with Gasteiger partial charge < -0.3 is 10.2 Å². The molecule has 0 amide bonds. The Morgan fingerprint density at radius 1 is 1.32 bits per heavy atom. The minimum Gasteiger partial charge on any atom is -0.356 e. The predicted octanol–water partition coefficient (Wildman–Crippen LogP) is 0.825. The molecule has 8 heteroatoms. The van der Waals surface area contributed by atoms with Gasteiger partial charge in [0.25, 0.3) is 0 Å². The van der Waals surface area contributed by atoms with Crippen LogP contribution in [0.1, 0.15) is 0 Å². The number of fused-ring (bicyclic) bond motifs is 1. The molecular weight excluding hydrogens is 294 g/mol. The summed E-state index contributed by atoms with van der Waals surface area (Å²) in [7, 11) is -3.15. The van der Waals surface area contributed by atoms with Crippen molar-refractivity contribution in [3.8, 4) is 0 Å². The van der Waals surface area contributed by atoms with Gasteiger partial charge in [-0.2, -0.15) is 0 Å². The van der Waals surface area contributed by atoms with E-state index in [1.54, 1.807) is 0 Å². The molecule has 2 aliphatic heterocycles. The maximum atomic E-state index is 13.8. The molecule has 0 spiro atoms. The summed E-state index contributed by atoms with van der Waals surface area (Å²) in [6.07, 6.45) is 0. The van der Waals surface area contributed by atoms with E-state index in [1.165, 1.54) is 11.0 Å². The van der Waals surface area contributed by atoms with E-state index in [4.69, 9.17) is 12.2 Å². The van der Waals surface area contributed by atoms with Gasteiger partial charge in [0.15, 0.2) is 14.9 Å². The number of benzene rings is 1. The Morgan fingerprint density at radius 2 is 2.05 bits per heavy atom. The first-order valence-electron chi connectivity index (χ1n) is 5.62. The van der Waals surface area contributed by atoms with Gasteiger partial charge in [0, 0.05) is 6.07 Å². The molecule has 0 aromatic heterocycles. The number of thiocarbonyl (C=S) groups is 1. The molecule has 0 aliphatic carbocycles. The largest absolute Gasteiger partial charge is 0.356 e. The number of nitrogens with one attached hydrogen (secondary N) is 1. The highest BCUT2D eigenvalue weighted by atomic mass is 32.2. The molecule has 2 aliphatic rings. The Bertz CT molecular complexity index is 663. The number of anilines is 1. The van der Waals surface area contributed by atoms with Crippen molar-refractivity contribution in [1.29, 1.82) is 0 Å². The topological polar surface area (TPSA) is 49.4 Å². The molecule has 3 rings (SSSR count). The molecule has 2 atom stereocenters. The van der Waals surface area contributed by atoms with Crippen LogP contribution >= 0.6 is 12.2 Å². The first-order valence-corrected chi connectivity index (χ1v) is 7.85. The van der Waals surface area contributed by atoms with E-state index in [0.29, 0.717) is 0 Å². The van der Waals surface area contributed by atoms with Crippen LogP contribution in [-0.2, 0) is 9.84 Å². The average molecular weight is 304 g/mol. The van der Waals surface area contributed by atoms with E-state index in [9.17, 15) is 17.2 Å². The lowest BCUT2D eigenvalue weighted by molar-refractivity contribution is 0.577. The van der Waals surface area contributed by atoms with Crippen molar-refractivity contribution in [2.75, 3.05) is 16.4 Å². The highest BCUT2D eigenvalue weighted by Crippen LogP contribution is 2.31. The molecule has 1 N–H and O–H groups in total. The maximum absolute atomic E-state index is 13.8. The van der Waals surface area contributed by atoms with Crippen LogP contribution in [-0.4, -0.2) is 37.1 Å². The Hall–Kier alpha value is -1.28. The van der Waals surface area contributed by atoms with Gasteiger partial charge in [-0.3, -0.25) is 0 Å². The molecule has 1 aromatic carbocycles. The zero-order valence-electron chi connectivity index (χ0n) is 9.64. The molecule has 0 bridgehead atoms. The van der Waals surface area contributed by atoms with Crippen molar-refractivity contribution < 1.29 is 17.2 Å². The van der Waals surface area contributed by atoms with E-state index in [0.717, 1.165) is 12.1 Å². The number of sulfone groups is 1. The first kappa shape index (κ1) is 12.7. The van der Waals surface area contributed by atoms with Crippen molar-refractivity contribution in [2.45, 2.75) is 12.1 Å². The second-order valence-electron chi connectivity index (χ2n) is 4.67. The molecule has 19 heavy (non-hydrogen) atoms. The van der Waals surface area contributed by atoms with Gasteiger partial charge in [0.2, 0.25) is 0 Å². The van der Waals surface area contributed by atoms with Crippen LogP contribution < -0.4 is 10.2 Å². The van der Waals surface area contributed by atoms with Crippen LogP contribution in [0.15, 0.2) is 18.2 Å². The van der Waals surface area contributed by atoms with Gasteiger partial charge in [0.1, 0.15) is 11.6 Å². The zero-order chi connectivity index (χ0) is 13.8. The highest BCUT2D eigenvalue weighted by molar-refractivity contribution is 7.91.